The highest BCUT2D eigenvalue weighted by molar-refractivity contribution is 5.66. The van der Waals surface area contributed by atoms with Crippen molar-refractivity contribution in [3.05, 3.63) is 69.5 Å². The van der Waals surface area contributed by atoms with Gasteiger partial charge in [0.05, 0.1) is 18.0 Å². The molecule has 0 amide bonds. The fraction of sp³-hybridized carbons (Fsp3) is 0.250. The number of rotatable bonds is 3. The monoisotopic (exact) mass is 302 g/mol. The van der Waals surface area contributed by atoms with Crippen molar-refractivity contribution in [2.24, 2.45) is 0 Å². The Bertz CT molecular complexity index is 725. The van der Waals surface area contributed by atoms with Gasteiger partial charge in [-0.3, -0.25) is 10.1 Å². The molecule has 2 aromatic carbocycles. The zero-order valence-corrected chi connectivity index (χ0v) is 12.0. The fourth-order valence-corrected chi connectivity index (χ4v) is 2.75. The minimum atomic E-state index is -1.10. The summed E-state index contributed by atoms with van der Waals surface area (Å²) in [5.41, 5.74) is 0.833. The molecule has 2 aromatic rings. The standard InChI is InChI=1S/C16H15FN2O3/c1-11-2-7-14(15(8-11)19(21)22)18-9-16(20,10-18)12-3-5-13(17)6-4-12/h2-8,20H,9-10H2,1H3. The van der Waals surface area contributed by atoms with Crippen LogP contribution in [0.2, 0.25) is 0 Å². The Hall–Kier alpha value is -2.47. The number of nitro benzene ring substituents is 1. The highest BCUT2D eigenvalue weighted by Crippen LogP contribution is 2.39. The van der Waals surface area contributed by atoms with Gasteiger partial charge in [-0.15, -0.1) is 0 Å². The zero-order chi connectivity index (χ0) is 15.9. The summed E-state index contributed by atoms with van der Waals surface area (Å²) in [7, 11) is 0. The third-order valence-electron chi connectivity index (χ3n) is 3.95. The normalized spacial score (nSPS) is 16.2. The van der Waals surface area contributed by atoms with E-state index in [9.17, 15) is 19.6 Å². The molecule has 6 heteroatoms. The molecule has 0 saturated carbocycles. The van der Waals surface area contributed by atoms with E-state index < -0.39 is 10.5 Å². The summed E-state index contributed by atoms with van der Waals surface area (Å²) in [6.07, 6.45) is 0. The molecule has 1 heterocycles. The average molecular weight is 302 g/mol. The first-order chi connectivity index (χ1) is 10.4. The lowest BCUT2D eigenvalue weighted by Gasteiger charge is -2.47. The molecule has 1 fully saturated rings. The Morgan fingerprint density at radius 3 is 2.45 bits per heavy atom. The van der Waals surface area contributed by atoms with Crippen molar-refractivity contribution in [1.82, 2.24) is 0 Å². The predicted molar refractivity (Wildman–Crippen MR) is 80.3 cm³/mol. The molecule has 0 atom stereocenters. The summed E-state index contributed by atoms with van der Waals surface area (Å²) < 4.78 is 13.0. The van der Waals surface area contributed by atoms with Crippen molar-refractivity contribution >= 4 is 11.4 Å². The van der Waals surface area contributed by atoms with Gasteiger partial charge in [-0.25, -0.2) is 4.39 Å². The number of nitro groups is 1. The maximum Gasteiger partial charge on any atom is 0.292 e. The van der Waals surface area contributed by atoms with Gasteiger partial charge in [0, 0.05) is 6.07 Å². The van der Waals surface area contributed by atoms with Crippen molar-refractivity contribution in [3.8, 4) is 0 Å². The molecule has 1 aliphatic rings. The maximum atomic E-state index is 13.0. The largest absolute Gasteiger partial charge is 0.381 e. The first-order valence-corrected chi connectivity index (χ1v) is 6.87. The van der Waals surface area contributed by atoms with Crippen LogP contribution in [0.5, 0.6) is 0 Å². The van der Waals surface area contributed by atoms with E-state index in [4.69, 9.17) is 0 Å². The summed E-state index contributed by atoms with van der Waals surface area (Å²) in [4.78, 5) is 12.5. The Labute approximate surface area is 126 Å². The quantitative estimate of drug-likeness (QED) is 0.699. The summed E-state index contributed by atoms with van der Waals surface area (Å²) in [6.45, 7) is 2.27. The van der Waals surface area contributed by atoms with Crippen LogP contribution < -0.4 is 4.90 Å². The van der Waals surface area contributed by atoms with Gasteiger partial charge in [-0.05, 0) is 36.2 Å². The van der Waals surface area contributed by atoms with Gasteiger partial charge in [0.25, 0.3) is 5.69 Å². The Balaban J connectivity index is 1.84. The van der Waals surface area contributed by atoms with Crippen LogP contribution in [-0.2, 0) is 5.60 Å². The van der Waals surface area contributed by atoms with Crippen LogP contribution in [0.25, 0.3) is 0 Å². The van der Waals surface area contributed by atoms with Crippen LogP contribution in [0.1, 0.15) is 11.1 Å². The second kappa shape index (κ2) is 5.06. The lowest BCUT2D eigenvalue weighted by atomic mass is 9.85. The van der Waals surface area contributed by atoms with E-state index in [0.29, 0.717) is 11.3 Å². The van der Waals surface area contributed by atoms with Crippen LogP contribution in [-0.4, -0.2) is 23.1 Å². The minimum absolute atomic E-state index is 0.0288. The van der Waals surface area contributed by atoms with Gasteiger partial charge in [0.15, 0.2) is 0 Å². The van der Waals surface area contributed by atoms with Crippen LogP contribution in [0.3, 0.4) is 0 Å². The molecule has 1 saturated heterocycles. The smallest absolute Gasteiger partial charge is 0.292 e. The van der Waals surface area contributed by atoms with Crippen molar-refractivity contribution in [2.75, 3.05) is 18.0 Å². The molecule has 1 N–H and O–H groups in total. The number of β-amino-alcohol motifs (C(OH)–C–C–N with tert-alkyl or cyclic N) is 1. The lowest BCUT2D eigenvalue weighted by Crippen LogP contribution is -2.59. The van der Waals surface area contributed by atoms with Crippen molar-refractivity contribution < 1.29 is 14.4 Å². The van der Waals surface area contributed by atoms with Crippen LogP contribution >= 0.6 is 0 Å². The number of hydrogen-bond acceptors (Lipinski definition) is 4. The lowest BCUT2D eigenvalue weighted by molar-refractivity contribution is -0.384. The van der Waals surface area contributed by atoms with Gasteiger partial charge in [0.1, 0.15) is 17.1 Å². The van der Waals surface area contributed by atoms with Gasteiger partial charge < -0.3 is 10.0 Å². The molecule has 5 nitrogen and oxygen atoms in total. The first-order valence-electron chi connectivity index (χ1n) is 6.87. The Morgan fingerprint density at radius 2 is 1.86 bits per heavy atom. The Morgan fingerprint density at radius 1 is 1.23 bits per heavy atom. The van der Waals surface area contributed by atoms with Crippen LogP contribution in [0.15, 0.2) is 42.5 Å². The molecule has 0 aromatic heterocycles. The van der Waals surface area contributed by atoms with E-state index >= 15 is 0 Å². The molecule has 0 bridgehead atoms. The van der Waals surface area contributed by atoms with E-state index in [-0.39, 0.29) is 24.6 Å². The molecular weight excluding hydrogens is 287 g/mol. The number of aliphatic hydroxyl groups is 1. The third-order valence-corrected chi connectivity index (χ3v) is 3.95. The second-order valence-electron chi connectivity index (χ2n) is 5.64. The number of aryl methyl sites for hydroxylation is 1. The number of halogens is 1. The third kappa shape index (κ3) is 2.42. The highest BCUT2D eigenvalue weighted by atomic mass is 19.1. The topological polar surface area (TPSA) is 66.6 Å². The highest BCUT2D eigenvalue weighted by Gasteiger charge is 2.44. The number of benzene rings is 2. The van der Waals surface area contributed by atoms with Gasteiger partial charge in [-0.1, -0.05) is 18.2 Å². The second-order valence-corrected chi connectivity index (χ2v) is 5.64. The van der Waals surface area contributed by atoms with E-state index in [1.807, 2.05) is 0 Å². The van der Waals surface area contributed by atoms with Gasteiger partial charge in [0.2, 0.25) is 0 Å². The molecule has 114 valence electrons. The molecule has 1 aliphatic heterocycles. The van der Waals surface area contributed by atoms with Gasteiger partial charge >= 0.3 is 0 Å². The molecule has 0 radical (unpaired) electrons. The molecular formula is C16H15FN2O3. The van der Waals surface area contributed by atoms with Gasteiger partial charge in [-0.2, -0.15) is 0 Å². The number of anilines is 1. The molecule has 0 spiro atoms. The summed E-state index contributed by atoms with van der Waals surface area (Å²) in [6, 6.07) is 10.7. The van der Waals surface area contributed by atoms with Crippen molar-refractivity contribution in [1.29, 1.82) is 0 Å². The summed E-state index contributed by atoms with van der Waals surface area (Å²) in [5, 5.41) is 21.7. The average Bonchev–Trinajstić information content (AvgIpc) is 2.45. The fourth-order valence-electron chi connectivity index (χ4n) is 2.75. The SMILES string of the molecule is Cc1ccc(N2CC(O)(c3ccc(F)cc3)C2)c([N+](=O)[O-])c1. The number of hydrogen-bond donors (Lipinski definition) is 1. The zero-order valence-electron chi connectivity index (χ0n) is 12.0. The molecule has 0 unspecified atom stereocenters. The minimum Gasteiger partial charge on any atom is -0.381 e. The summed E-state index contributed by atoms with van der Waals surface area (Å²) in [5.74, 6) is -0.363. The van der Waals surface area contributed by atoms with E-state index in [0.717, 1.165) is 5.56 Å². The van der Waals surface area contributed by atoms with E-state index in [2.05, 4.69) is 0 Å². The maximum absolute atomic E-state index is 13.0. The van der Waals surface area contributed by atoms with Crippen LogP contribution in [0.4, 0.5) is 15.8 Å². The number of nitrogens with zero attached hydrogens (tertiary/aromatic N) is 2. The molecule has 3 rings (SSSR count). The first kappa shape index (κ1) is 14.5. The van der Waals surface area contributed by atoms with E-state index in [1.165, 1.54) is 30.3 Å². The van der Waals surface area contributed by atoms with E-state index in [1.54, 1.807) is 24.0 Å². The predicted octanol–water partition coefficient (Wildman–Crippen LogP) is 2.75. The Kier molecular flexibility index (Phi) is 3.33. The summed E-state index contributed by atoms with van der Waals surface area (Å²) >= 11 is 0. The van der Waals surface area contributed by atoms with Crippen molar-refractivity contribution in [3.63, 3.8) is 0 Å². The van der Waals surface area contributed by atoms with Crippen molar-refractivity contribution in [2.45, 2.75) is 12.5 Å². The van der Waals surface area contributed by atoms with Crippen LogP contribution in [0, 0.1) is 22.9 Å². The molecule has 0 aliphatic carbocycles. The molecule has 22 heavy (non-hydrogen) atoms.